The second kappa shape index (κ2) is 26.5. The Morgan fingerprint density at radius 3 is 1.08 bits per heavy atom. The first-order valence-corrected chi connectivity index (χ1v) is 27.7. The Kier molecular flexibility index (Phi) is 18.9. The summed E-state index contributed by atoms with van der Waals surface area (Å²) in [4.78, 5) is 2.38. The van der Waals surface area contributed by atoms with Crippen molar-refractivity contribution in [2.45, 2.75) is 73.1 Å². The smallest absolute Gasteiger partial charge is 0.123 e. The second-order valence-electron chi connectivity index (χ2n) is 20.6. The highest BCUT2D eigenvalue weighted by atomic mass is 19.1. The van der Waals surface area contributed by atoms with E-state index in [-0.39, 0.29) is 16.6 Å². The average molecular weight is 1030 g/mol. The van der Waals surface area contributed by atoms with Crippen molar-refractivity contribution in [2.24, 2.45) is 0 Å². The molecule has 13 rings (SSSR count). The zero-order valence-corrected chi connectivity index (χ0v) is 47.5. The molecule has 0 saturated heterocycles. The highest BCUT2D eigenvalue weighted by Crippen LogP contribution is 2.56. The Hall–Kier alpha value is -8.85. The fourth-order valence-electron chi connectivity index (χ4n) is 10.6. The molecule has 1 nitrogen and oxygen atoms in total. The highest BCUT2D eigenvalue weighted by molar-refractivity contribution is 5.87. The van der Waals surface area contributed by atoms with Crippen LogP contribution < -0.4 is 4.90 Å². The first-order chi connectivity index (χ1) is 38.4. The summed E-state index contributed by atoms with van der Waals surface area (Å²) >= 11 is 0. The maximum Gasteiger partial charge on any atom is 0.123 e. The molecule has 2 heteroatoms. The van der Waals surface area contributed by atoms with E-state index < -0.39 is 0 Å². The number of fused-ring (bicyclic) bond motifs is 5. The van der Waals surface area contributed by atoms with Gasteiger partial charge in [0.15, 0.2) is 0 Å². The lowest BCUT2D eigenvalue weighted by Crippen LogP contribution is -2.30. The van der Waals surface area contributed by atoms with Gasteiger partial charge in [0.05, 0.1) is 16.8 Å². The average Bonchev–Trinajstić information content (AvgIpc) is 4.05. The zero-order chi connectivity index (χ0) is 55.8. The van der Waals surface area contributed by atoms with E-state index in [2.05, 4.69) is 289 Å². The number of anilines is 3. The molecule has 0 spiro atoms. The van der Waals surface area contributed by atoms with Crippen LogP contribution in [0.15, 0.2) is 285 Å². The minimum atomic E-state index is -0.254. The molecule has 11 aromatic rings. The maximum absolute atomic E-state index is 12.1. The lowest BCUT2D eigenvalue weighted by molar-refractivity contribution is 0.627. The number of aryl methyl sites for hydroxylation is 5. The van der Waals surface area contributed by atoms with Crippen LogP contribution in [0.1, 0.15) is 88.9 Å². The molecule has 394 valence electrons. The third kappa shape index (κ3) is 13.0. The minimum absolute atomic E-state index is 0.00320. The van der Waals surface area contributed by atoms with Crippen molar-refractivity contribution in [3.8, 4) is 22.3 Å². The van der Waals surface area contributed by atoms with Gasteiger partial charge in [-0.05, 0) is 127 Å². The monoisotopic (exact) mass is 1030 g/mol. The van der Waals surface area contributed by atoms with E-state index in [0.29, 0.717) is 0 Å². The largest absolute Gasteiger partial charge is 0.310 e. The third-order valence-corrected chi connectivity index (χ3v) is 14.7. The van der Waals surface area contributed by atoms with E-state index in [9.17, 15) is 4.39 Å². The van der Waals surface area contributed by atoms with Gasteiger partial charge in [0.2, 0.25) is 0 Å². The van der Waals surface area contributed by atoms with Crippen LogP contribution in [0.2, 0.25) is 0 Å². The highest BCUT2D eigenvalue weighted by Gasteiger charge is 2.45. The van der Waals surface area contributed by atoms with E-state index in [0.717, 1.165) is 5.56 Å². The maximum atomic E-state index is 12.1. The van der Waals surface area contributed by atoms with E-state index in [1.54, 1.807) is 12.1 Å². The Bertz CT molecular complexity index is 3470. The van der Waals surface area contributed by atoms with Crippen LogP contribution in [-0.2, 0) is 10.8 Å². The van der Waals surface area contributed by atoms with Crippen molar-refractivity contribution in [1.29, 1.82) is 0 Å². The van der Waals surface area contributed by atoms with E-state index in [4.69, 9.17) is 0 Å². The minimum Gasteiger partial charge on any atom is -0.310 e. The number of hydrogen-bond donors (Lipinski definition) is 0. The number of hydrogen-bond acceptors (Lipinski definition) is 1. The summed E-state index contributed by atoms with van der Waals surface area (Å²) in [6.45, 7) is 19.1. The van der Waals surface area contributed by atoms with Gasteiger partial charge in [-0.3, -0.25) is 0 Å². The van der Waals surface area contributed by atoms with Crippen LogP contribution in [0.3, 0.4) is 0 Å². The Labute approximate surface area is 471 Å². The first kappa shape index (κ1) is 56.4. The van der Waals surface area contributed by atoms with Crippen molar-refractivity contribution < 1.29 is 4.39 Å². The van der Waals surface area contributed by atoms with Gasteiger partial charge in [-0.1, -0.05) is 304 Å². The van der Waals surface area contributed by atoms with Gasteiger partial charge in [0, 0.05) is 11.1 Å². The van der Waals surface area contributed by atoms with Gasteiger partial charge in [-0.2, -0.15) is 0 Å². The second-order valence-corrected chi connectivity index (χ2v) is 20.6. The number of rotatable bonds is 4. The molecule has 2 aliphatic rings. The molecular weight excluding hydrogens is 958 g/mol. The van der Waals surface area contributed by atoms with E-state index >= 15 is 0 Å². The standard InChI is InChI=1S/C25H18.C22H21N.C14H14.C7H7F.C7H8.C2H6/c1-3-11-19(12-4-1)25(20-13-5-2-6-14-20)23-17-9-7-15-21(23)22-16-8-10-18-24(22)25;1-16-13-14-21-19(15-16)22(2,3)18-11-7-8-12-20(18)23(21)17-9-5-4-6-10-17;1-11-3-7-13(8-4-11)14-9-5-12(2)6-10-14;1-6-2-4-7(8)5-3-6;1-7-5-3-2-4-6-7;1-2/h1-18H;4-15H,1-3H3;3-10H,1-2H3;2-5H,1H3;2-6H,1H3;1-2H3. The number of para-hydroxylation sites is 2. The van der Waals surface area contributed by atoms with Crippen LogP contribution in [-0.4, -0.2) is 0 Å². The molecule has 79 heavy (non-hydrogen) atoms. The summed E-state index contributed by atoms with van der Waals surface area (Å²) in [5, 5.41) is 0. The Morgan fingerprint density at radius 2 is 0.646 bits per heavy atom. The fraction of sp³-hybridized carbons (Fsp3) is 0.143. The van der Waals surface area contributed by atoms with Gasteiger partial charge >= 0.3 is 0 Å². The van der Waals surface area contributed by atoms with Crippen LogP contribution in [0.25, 0.3) is 22.3 Å². The molecule has 0 radical (unpaired) electrons. The lowest BCUT2D eigenvalue weighted by Gasteiger charge is -2.42. The van der Waals surface area contributed by atoms with Gasteiger partial charge in [0.1, 0.15) is 5.82 Å². The zero-order valence-electron chi connectivity index (χ0n) is 47.5. The molecule has 0 saturated carbocycles. The lowest BCUT2D eigenvalue weighted by atomic mass is 9.68. The topological polar surface area (TPSA) is 3.24 Å². The molecule has 1 aliphatic carbocycles. The normalized spacial score (nSPS) is 12.4. The summed E-state index contributed by atoms with van der Waals surface area (Å²) < 4.78 is 12.1. The third-order valence-electron chi connectivity index (χ3n) is 14.7. The summed E-state index contributed by atoms with van der Waals surface area (Å²) in [7, 11) is 0. The molecule has 0 atom stereocenters. The summed E-state index contributed by atoms with van der Waals surface area (Å²) in [5.74, 6) is -0.171. The summed E-state index contributed by atoms with van der Waals surface area (Å²) in [5.41, 5.74) is 23.2. The molecular formula is C77H74FN. The van der Waals surface area contributed by atoms with Crippen molar-refractivity contribution in [1.82, 2.24) is 0 Å². The van der Waals surface area contributed by atoms with Crippen LogP contribution >= 0.6 is 0 Å². The predicted molar refractivity (Wildman–Crippen MR) is 337 cm³/mol. The number of nitrogens with zero attached hydrogens (tertiary/aromatic N) is 1. The molecule has 0 fully saturated rings. The van der Waals surface area contributed by atoms with Crippen LogP contribution in [0, 0.1) is 40.4 Å². The van der Waals surface area contributed by atoms with Gasteiger partial charge in [-0.25, -0.2) is 4.39 Å². The van der Waals surface area contributed by atoms with Crippen LogP contribution in [0.5, 0.6) is 0 Å². The molecule has 0 bridgehead atoms. The molecule has 0 amide bonds. The molecule has 0 unspecified atom stereocenters. The van der Waals surface area contributed by atoms with Crippen LogP contribution in [0.4, 0.5) is 21.5 Å². The van der Waals surface area contributed by atoms with Crippen molar-refractivity contribution in [3.05, 3.63) is 352 Å². The quantitative estimate of drug-likeness (QED) is 0.170. The van der Waals surface area contributed by atoms with Crippen molar-refractivity contribution in [3.63, 3.8) is 0 Å². The van der Waals surface area contributed by atoms with E-state index in [1.165, 1.54) is 107 Å². The molecule has 11 aromatic carbocycles. The molecule has 1 aliphatic heterocycles. The first-order valence-electron chi connectivity index (χ1n) is 27.7. The fourth-order valence-corrected chi connectivity index (χ4v) is 10.6. The number of benzene rings is 11. The summed E-state index contributed by atoms with van der Waals surface area (Å²) in [6.07, 6.45) is 0. The summed E-state index contributed by atoms with van der Waals surface area (Å²) in [6, 6.07) is 99.6. The van der Waals surface area contributed by atoms with Gasteiger partial charge in [-0.15, -0.1) is 0 Å². The van der Waals surface area contributed by atoms with Crippen molar-refractivity contribution in [2.75, 3.05) is 4.90 Å². The SMILES string of the molecule is CC.Cc1ccc(-c2ccc(C)cc2)cc1.Cc1ccc(F)cc1.Cc1ccc2c(c1)C(C)(C)c1ccccc1N2c1ccccc1.Cc1ccccc1.c1ccc(C2(c3ccccc3)c3ccccc3-c3ccccc32)cc1. The molecule has 0 aromatic heterocycles. The predicted octanol–water partition coefficient (Wildman–Crippen LogP) is 21.3. The Morgan fingerprint density at radius 1 is 0.304 bits per heavy atom. The molecule has 1 heterocycles. The number of halogens is 1. The van der Waals surface area contributed by atoms with Gasteiger partial charge < -0.3 is 4.90 Å². The molecule has 0 N–H and O–H groups in total. The van der Waals surface area contributed by atoms with Gasteiger partial charge in [0.25, 0.3) is 0 Å². The Balaban J connectivity index is 0.000000139. The van der Waals surface area contributed by atoms with E-state index in [1.807, 2.05) is 39.0 Å². The van der Waals surface area contributed by atoms with Crippen molar-refractivity contribution >= 4 is 17.1 Å².